The van der Waals surface area contributed by atoms with Gasteiger partial charge in [0.15, 0.2) is 0 Å². The number of unbranched alkanes of at least 4 members (excludes halogenated alkanes) is 1. The minimum Gasteiger partial charge on any atom is -0.368 e. The number of nitrogens with one attached hydrogen (secondary N) is 7. The van der Waals surface area contributed by atoms with Crippen LogP contribution in [0, 0.1) is 0 Å². The van der Waals surface area contributed by atoms with Crippen LogP contribution in [0.3, 0.4) is 0 Å². The van der Waals surface area contributed by atoms with Crippen molar-refractivity contribution < 1.29 is 28.8 Å². The molecule has 350 valence electrons. The summed E-state index contributed by atoms with van der Waals surface area (Å²) in [6.07, 6.45) is 6.39. The smallest absolute Gasteiger partial charge is 0.337 e. The number of primary amides is 1. The van der Waals surface area contributed by atoms with Crippen LogP contribution in [0.2, 0.25) is 0 Å². The Morgan fingerprint density at radius 1 is 0.657 bits per heavy atom. The first kappa shape index (κ1) is 48.6. The highest BCUT2D eigenvalue weighted by Crippen LogP contribution is 2.21. The number of rotatable bonds is 22. The summed E-state index contributed by atoms with van der Waals surface area (Å²) in [4.78, 5) is 92.5. The van der Waals surface area contributed by atoms with Crippen molar-refractivity contribution in [3.8, 4) is 11.1 Å². The number of urea groups is 1. The highest BCUT2D eigenvalue weighted by Gasteiger charge is 2.31. The van der Waals surface area contributed by atoms with Crippen LogP contribution in [0.1, 0.15) is 48.6 Å². The number of H-pyrrole nitrogens is 2. The van der Waals surface area contributed by atoms with Crippen molar-refractivity contribution in [3.05, 3.63) is 150 Å². The van der Waals surface area contributed by atoms with Crippen molar-refractivity contribution >= 4 is 46.5 Å². The van der Waals surface area contributed by atoms with E-state index < -0.39 is 65.8 Å². The quantitative estimate of drug-likeness (QED) is 0.0354. The van der Waals surface area contributed by atoms with Gasteiger partial charge in [0, 0.05) is 48.3 Å². The molecule has 6 aromatic rings. The van der Waals surface area contributed by atoms with Crippen molar-refractivity contribution in [3.63, 3.8) is 0 Å². The molecule has 7 amide bonds. The average molecular weight is 911 g/mol. The first-order chi connectivity index (χ1) is 32.4. The average Bonchev–Trinajstić information content (AvgIpc) is 4.01. The largest absolute Gasteiger partial charge is 0.368 e. The molecule has 5 atom stereocenters. The third-order valence-electron chi connectivity index (χ3n) is 11.2. The molecule has 0 saturated carbocycles. The molecule has 13 N–H and O–H groups in total. The second-order valence-electron chi connectivity index (χ2n) is 16.3. The number of imidazole rings is 1. The molecule has 2 aromatic heterocycles. The Hall–Kier alpha value is -7.83. The van der Waals surface area contributed by atoms with Crippen molar-refractivity contribution in [1.82, 2.24) is 46.7 Å². The number of carbonyl (C=O) groups is 6. The minimum atomic E-state index is -1.25. The van der Waals surface area contributed by atoms with Gasteiger partial charge in [0.25, 0.3) is 5.91 Å². The highest BCUT2D eigenvalue weighted by molar-refractivity contribution is 5.95. The number of aromatic amines is 2. The van der Waals surface area contributed by atoms with Crippen molar-refractivity contribution in [2.75, 3.05) is 6.54 Å². The van der Waals surface area contributed by atoms with E-state index in [1.807, 2.05) is 84.9 Å². The second kappa shape index (κ2) is 23.9. The van der Waals surface area contributed by atoms with E-state index in [1.54, 1.807) is 36.7 Å². The summed E-state index contributed by atoms with van der Waals surface area (Å²) in [5, 5.41) is 12.8. The lowest BCUT2D eigenvalue weighted by Gasteiger charge is -2.29. The molecule has 0 aliphatic rings. The Balaban J connectivity index is 1.22. The molecule has 4 aromatic carbocycles. The van der Waals surface area contributed by atoms with Gasteiger partial charge in [0.2, 0.25) is 23.6 Å². The third-order valence-corrected chi connectivity index (χ3v) is 11.2. The van der Waals surface area contributed by atoms with Gasteiger partial charge in [-0.2, -0.15) is 0 Å². The van der Waals surface area contributed by atoms with E-state index in [2.05, 4.69) is 41.6 Å². The maximum absolute atomic E-state index is 14.4. The van der Waals surface area contributed by atoms with Gasteiger partial charge in [-0.05, 0) is 66.6 Å². The number of amides is 7. The number of nitrogens with zero attached hydrogens (tertiary/aromatic N) is 2. The van der Waals surface area contributed by atoms with Crippen molar-refractivity contribution in [1.29, 1.82) is 0 Å². The molecule has 0 saturated heterocycles. The number of para-hydroxylation sites is 1. The number of nitrogens with two attached hydrogens (primary N) is 3. The van der Waals surface area contributed by atoms with Gasteiger partial charge in [0.1, 0.15) is 24.2 Å². The second-order valence-corrected chi connectivity index (χ2v) is 16.3. The standard InChI is InChI=1S/C49H58N12O6/c1-31(56-47(65)43(25-36-27-54-40-17-9-8-16-38(36)40)58-46(64)39(51)26-37-28-53-30-55-37)45(63)60-61(29-33-19-21-35(22-20-33)34-14-6-3-7-15-34)49(67)59-42(24-32-12-4-2-5-13-32)48(66)57-41(44(52)62)18-10-11-23-50/h2-9,12-17,19-22,27-28,30-31,39,41-43,54H,10-11,18,23-26,29,50-51H2,1H3,(H2,52,62)(H,53,55)(H,56,65)(H,57,66)(H,58,64)(H,59,67)(H,60,63)/t31-,39-,41-,42+,43+/m0/s1. The summed E-state index contributed by atoms with van der Waals surface area (Å²) in [5.41, 5.74) is 25.6. The van der Waals surface area contributed by atoms with Gasteiger partial charge in [-0.15, -0.1) is 0 Å². The molecular formula is C49H58N12O6. The Labute approximate surface area is 388 Å². The van der Waals surface area contributed by atoms with Crippen molar-refractivity contribution in [2.45, 2.75) is 82.2 Å². The van der Waals surface area contributed by atoms with Crippen LogP contribution in [0.25, 0.3) is 22.0 Å². The van der Waals surface area contributed by atoms with Gasteiger partial charge in [-0.1, -0.05) is 103 Å². The number of benzene rings is 4. The normalized spacial score (nSPS) is 13.3. The van der Waals surface area contributed by atoms with Crippen LogP contribution in [-0.4, -0.2) is 92.3 Å². The molecule has 0 unspecified atom stereocenters. The number of hydrogen-bond donors (Lipinski definition) is 10. The maximum Gasteiger partial charge on any atom is 0.337 e. The number of carbonyl (C=O) groups excluding carboxylic acids is 6. The zero-order valence-electron chi connectivity index (χ0n) is 37.2. The summed E-state index contributed by atoms with van der Waals surface area (Å²) < 4.78 is 0. The van der Waals surface area contributed by atoms with E-state index in [-0.39, 0.29) is 32.2 Å². The molecular weight excluding hydrogens is 853 g/mol. The Morgan fingerprint density at radius 3 is 1.99 bits per heavy atom. The van der Waals surface area contributed by atoms with Crippen LogP contribution >= 0.6 is 0 Å². The van der Waals surface area contributed by atoms with Gasteiger partial charge < -0.3 is 48.4 Å². The van der Waals surface area contributed by atoms with E-state index in [0.29, 0.717) is 36.2 Å². The van der Waals surface area contributed by atoms with Crippen molar-refractivity contribution in [2.24, 2.45) is 17.2 Å². The van der Waals surface area contributed by atoms with E-state index in [4.69, 9.17) is 17.2 Å². The van der Waals surface area contributed by atoms with Crippen LogP contribution in [0.15, 0.2) is 128 Å². The minimum absolute atomic E-state index is 0.0296. The summed E-state index contributed by atoms with van der Waals surface area (Å²) >= 11 is 0. The van der Waals surface area contributed by atoms with E-state index in [1.165, 1.54) is 13.3 Å². The van der Waals surface area contributed by atoms with Crippen LogP contribution in [-0.2, 0) is 49.8 Å². The molecule has 0 fully saturated rings. The summed E-state index contributed by atoms with van der Waals surface area (Å²) in [5.74, 6) is -3.47. The first-order valence-corrected chi connectivity index (χ1v) is 22.1. The molecule has 0 aliphatic carbocycles. The molecule has 0 bridgehead atoms. The number of hydrazine groups is 1. The Kier molecular flexibility index (Phi) is 17.4. The Morgan fingerprint density at radius 2 is 1.30 bits per heavy atom. The van der Waals surface area contributed by atoms with Crippen LogP contribution in [0.5, 0.6) is 0 Å². The predicted molar refractivity (Wildman–Crippen MR) is 254 cm³/mol. The fourth-order valence-corrected chi connectivity index (χ4v) is 7.46. The molecule has 67 heavy (non-hydrogen) atoms. The van der Waals surface area contributed by atoms with E-state index >= 15 is 0 Å². The Bertz CT molecular complexity index is 2570. The number of hydrogen-bond acceptors (Lipinski definition) is 9. The molecule has 18 nitrogen and oxygen atoms in total. The van der Waals surface area contributed by atoms with Crippen LogP contribution in [0.4, 0.5) is 4.79 Å². The fourth-order valence-electron chi connectivity index (χ4n) is 7.46. The van der Waals surface area contributed by atoms with Gasteiger partial charge in [-0.3, -0.25) is 29.4 Å². The molecule has 6 rings (SSSR count). The zero-order valence-corrected chi connectivity index (χ0v) is 37.2. The lowest BCUT2D eigenvalue weighted by Crippen LogP contribution is -2.60. The van der Waals surface area contributed by atoms with Gasteiger partial charge in [-0.25, -0.2) is 14.8 Å². The fraction of sp³-hybridized carbons (Fsp3) is 0.286. The monoisotopic (exact) mass is 910 g/mol. The topological polar surface area (TPSA) is 288 Å². The molecule has 0 spiro atoms. The zero-order chi connectivity index (χ0) is 47.7. The number of fused-ring (bicyclic) bond motifs is 1. The number of aromatic nitrogens is 3. The molecule has 0 aliphatic heterocycles. The predicted octanol–water partition coefficient (Wildman–Crippen LogP) is 2.61. The van der Waals surface area contributed by atoms with E-state index in [0.717, 1.165) is 32.6 Å². The summed E-state index contributed by atoms with van der Waals surface area (Å²) in [6.45, 7) is 1.67. The van der Waals surface area contributed by atoms with E-state index in [9.17, 15) is 28.8 Å². The summed E-state index contributed by atoms with van der Waals surface area (Å²) in [7, 11) is 0. The summed E-state index contributed by atoms with van der Waals surface area (Å²) in [6, 6.07) is 27.0. The van der Waals surface area contributed by atoms with Gasteiger partial charge >= 0.3 is 6.03 Å². The lowest BCUT2D eigenvalue weighted by molar-refractivity contribution is -0.133. The first-order valence-electron chi connectivity index (χ1n) is 22.1. The molecule has 2 heterocycles. The molecule has 18 heteroatoms. The lowest BCUT2D eigenvalue weighted by atomic mass is 10.0. The maximum atomic E-state index is 14.4. The SMILES string of the molecule is C[C@H](NC(=O)[C@@H](Cc1c[nH]c2ccccc12)NC(=O)[C@@H](N)Cc1cnc[nH]1)C(=O)NN(Cc1ccc(-c2ccccc2)cc1)C(=O)N[C@H](Cc1ccccc1)C(=O)N[C@@H](CCCCN)C(N)=O. The third kappa shape index (κ3) is 14.1. The van der Waals surface area contributed by atoms with Gasteiger partial charge in [0.05, 0.1) is 18.9 Å². The highest BCUT2D eigenvalue weighted by atomic mass is 16.2. The molecule has 0 radical (unpaired) electrons. The van der Waals surface area contributed by atoms with Crippen LogP contribution < -0.4 is 43.9 Å².